The van der Waals surface area contributed by atoms with Crippen molar-refractivity contribution in [1.82, 2.24) is 9.88 Å². The SMILES string of the molecule is CCOC(=O)c1cn2c3c(cc(SCCNCCOC4[C@H](C)O[C@@H](O)C[C@@]4(C)OC)cc3c1=O)CCC2C. The normalized spacial score (nSPS) is 27.0. The van der Waals surface area contributed by atoms with E-state index in [-0.39, 0.29) is 35.8 Å². The van der Waals surface area contributed by atoms with Gasteiger partial charge in [-0.2, -0.15) is 0 Å². The second-order valence-electron chi connectivity index (χ2n) is 10.3. The number of aliphatic hydroxyl groups is 1. The molecular weight excluding hydrogens is 508 g/mol. The number of hydrogen-bond donors (Lipinski definition) is 2. The highest BCUT2D eigenvalue weighted by atomic mass is 32.2. The van der Waals surface area contributed by atoms with Gasteiger partial charge in [-0.1, -0.05) is 0 Å². The van der Waals surface area contributed by atoms with Crippen molar-refractivity contribution in [3.05, 3.63) is 39.7 Å². The number of pyridine rings is 1. The van der Waals surface area contributed by atoms with Crippen LogP contribution in [0.3, 0.4) is 0 Å². The zero-order valence-corrected chi connectivity index (χ0v) is 23.8. The zero-order chi connectivity index (χ0) is 27.4. The number of ether oxygens (including phenoxy) is 4. The van der Waals surface area contributed by atoms with Crippen molar-refractivity contribution >= 4 is 28.6 Å². The molecule has 1 saturated heterocycles. The summed E-state index contributed by atoms with van der Waals surface area (Å²) >= 11 is 1.68. The molecule has 1 aromatic heterocycles. The third-order valence-electron chi connectivity index (χ3n) is 7.55. The van der Waals surface area contributed by atoms with Crippen molar-refractivity contribution < 1.29 is 28.8 Å². The predicted octanol–water partition coefficient (Wildman–Crippen LogP) is 3.28. The Hall–Kier alpha value is -1.95. The zero-order valence-electron chi connectivity index (χ0n) is 23.0. The number of hydrogen-bond acceptors (Lipinski definition) is 9. The average Bonchev–Trinajstić information content (AvgIpc) is 2.88. The fourth-order valence-corrected chi connectivity index (χ4v) is 6.40. The molecule has 2 aliphatic rings. The van der Waals surface area contributed by atoms with Crippen LogP contribution in [-0.2, 0) is 25.4 Å². The van der Waals surface area contributed by atoms with Gasteiger partial charge in [0.25, 0.3) is 0 Å². The van der Waals surface area contributed by atoms with E-state index in [0.717, 1.165) is 41.1 Å². The van der Waals surface area contributed by atoms with Gasteiger partial charge in [0.1, 0.15) is 11.7 Å². The molecule has 2 aromatic rings. The largest absolute Gasteiger partial charge is 0.462 e. The van der Waals surface area contributed by atoms with Crippen LogP contribution in [0.15, 0.2) is 28.0 Å². The predicted molar refractivity (Wildman–Crippen MR) is 147 cm³/mol. The summed E-state index contributed by atoms with van der Waals surface area (Å²) in [6, 6.07) is 4.29. The Kier molecular flexibility index (Phi) is 9.54. The van der Waals surface area contributed by atoms with Crippen LogP contribution >= 0.6 is 11.8 Å². The average molecular weight is 549 g/mol. The standard InChI is InChI=1S/C28H40N2O7S/c1-6-35-27(33)22-16-30-17(2)7-8-19-13-20(14-21(24(19)30)25(22)32)38-12-10-29-9-11-36-26-18(3)37-23(31)15-28(26,4)34-5/h13-14,16-18,23,26,29,31H,6-12,15H2,1-5H3/t17?,18-,23+,26?,28+/m0/s1. The number of nitrogens with one attached hydrogen (secondary N) is 1. The third-order valence-corrected chi connectivity index (χ3v) is 8.53. The fraction of sp³-hybridized carbons (Fsp3) is 0.643. The summed E-state index contributed by atoms with van der Waals surface area (Å²) in [4.78, 5) is 26.7. The number of nitrogens with zero attached hydrogens (tertiary/aromatic N) is 1. The monoisotopic (exact) mass is 548 g/mol. The molecule has 1 aromatic carbocycles. The number of carbonyl (C=O) groups excluding carboxylic acids is 1. The van der Waals surface area contributed by atoms with Crippen LogP contribution in [0.5, 0.6) is 0 Å². The van der Waals surface area contributed by atoms with Gasteiger partial charge >= 0.3 is 5.97 Å². The molecule has 2 unspecified atom stereocenters. The van der Waals surface area contributed by atoms with Gasteiger partial charge in [-0.25, -0.2) is 4.79 Å². The summed E-state index contributed by atoms with van der Waals surface area (Å²) < 4.78 is 24.5. The van der Waals surface area contributed by atoms with Crippen LogP contribution in [0.2, 0.25) is 0 Å². The van der Waals surface area contributed by atoms with Gasteiger partial charge < -0.3 is 33.9 Å². The molecule has 5 atom stereocenters. The number of thioether (sulfide) groups is 1. The van der Waals surface area contributed by atoms with Crippen molar-refractivity contribution in [2.24, 2.45) is 0 Å². The summed E-state index contributed by atoms with van der Waals surface area (Å²) in [7, 11) is 1.63. The van der Waals surface area contributed by atoms with Gasteiger partial charge in [-0.15, -0.1) is 11.8 Å². The molecule has 0 amide bonds. The maximum Gasteiger partial charge on any atom is 0.343 e. The molecule has 210 valence electrons. The van der Waals surface area contributed by atoms with Crippen molar-refractivity contribution in [2.75, 3.05) is 39.2 Å². The number of aryl methyl sites for hydroxylation is 1. The Morgan fingerprint density at radius 1 is 1.32 bits per heavy atom. The fourth-order valence-electron chi connectivity index (χ4n) is 5.49. The van der Waals surface area contributed by atoms with Crippen LogP contribution in [0, 0.1) is 0 Å². The molecule has 1 fully saturated rings. The van der Waals surface area contributed by atoms with Gasteiger partial charge in [-0.3, -0.25) is 4.79 Å². The number of esters is 1. The van der Waals surface area contributed by atoms with Crippen molar-refractivity contribution in [3.63, 3.8) is 0 Å². The van der Waals surface area contributed by atoms with Crippen molar-refractivity contribution in [3.8, 4) is 0 Å². The maximum absolute atomic E-state index is 13.3. The van der Waals surface area contributed by atoms with Gasteiger partial charge in [-0.05, 0) is 58.2 Å². The van der Waals surface area contributed by atoms with E-state index >= 15 is 0 Å². The highest BCUT2D eigenvalue weighted by Gasteiger charge is 2.46. The van der Waals surface area contributed by atoms with E-state index in [4.69, 9.17) is 18.9 Å². The van der Waals surface area contributed by atoms with Crippen molar-refractivity contribution in [2.45, 2.75) is 82.0 Å². The van der Waals surface area contributed by atoms with E-state index in [1.54, 1.807) is 32.0 Å². The first kappa shape index (κ1) is 29.0. The second-order valence-corrected chi connectivity index (χ2v) is 11.4. The number of aliphatic hydroxyl groups excluding tert-OH is 1. The van der Waals surface area contributed by atoms with Crippen molar-refractivity contribution in [1.29, 1.82) is 0 Å². The Balaban J connectivity index is 1.35. The van der Waals surface area contributed by atoms with Crippen LogP contribution < -0.4 is 10.7 Å². The van der Waals surface area contributed by atoms with E-state index in [0.29, 0.717) is 25.0 Å². The molecule has 3 heterocycles. The van der Waals surface area contributed by atoms with Gasteiger partial charge in [0.05, 0.1) is 30.4 Å². The number of aromatic nitrogens is 1. The molecule has 0 spiro atoms. The number of rotatable bonds is 11. The molecule has 10 heteroatoms. The molecule has 0 aliphatic carbocycles. The number of methoxy groups -OCH3 is 1. The molecule has 2 N–H and O–H groups in total. The lowest BCUT2D eigenvalue weighted by molar-refractivity contribution is -0.273. The molecule has 0 radical (unpaired) electrons. The quantitative estimate of drug-likeness (QED) is 0.248. The van der Waals surface area contributed by atoms with Gasteiger partial charge in [0.15, 0.2) is 6.29 Å². The number of carbonyl (C=O) groups is 1. The smallest absolute Gasteiger partial charge is 0.343 e. The van der Waals surface area contributed by atoms with Crippen LogP contribution in [-0.4, -0.2) is 78.9 Å². The minimum atomic E-state index is -0.849. The topological polar surface area (TPSA) is 108 Å². The van der Waals surface area contributed by atoms with E-state index in [1.807, 2.05) is 19.9 Å². The highest BCUT2D eigenvalue weighted by molar-refractivity contribution is 7.99. The lowest BCUT2D eigenvalue weighted by atomic mass is 9.88. The summed E-state index contributed by atoms with van der Waals surface area (Å²) in [5.74, 6) is 0.251. The summed E-state index contributed by atoms with van der Waals surface area (Å²) in [5, 5.41) is 13.9. The maximum atomic E-state index is 13.3. The van der Waals surface area contributed by atoms with E-state index in [1.165, 1.54) is 0 Å². The Morgan fingerprint density at radius 3 is 2.84 bits per heavy atom. The Morgan fingerprint density at radius 2 is 2.11 bits per heavy atom. The minimum Gasteiger partial charge on any atom is -0.462 e. The molecule has 38 heavy (non-hydrogen) atoms. The van der Waals surface area contributed by atoms with Gasteiger partial charge in [0.2, 0.25) is 5.43 Å². The Bertz CT molecular complexity index is 1200. The molecule has 9 nitrogen and oxygen atoms in total. The summed E-state index contributed by atoms with van der Waals surface area (Å²) in [6.45, 7) is 9.83. The second kappa shape index (κ2) is 12.5. The first-order chi connectivity index (χ1) is 18.2. The highest BCUT2D eigenvalue weighted by Crippen LogP contribution is 2.34. The summed E-state index contributed by atoms with van der Waals surface area (Å²) in [5.41, 5.74) is 1.30. The molecule has 2 aliphatic heterocycles. The summed E-state index contributed by atoms with van der Waals surface area (Å²) in [6.07, 6.45) is 2.50. The molecular formula is C28H40N2O7S. The Labute approximate surface area is 228 Å². The third kappa shape index (κ3) is 6.11. The van der Waals surface area contributed by atoms with E-state index < -0.39 is 17.9 Å². The molecule has 0 saturated carbocycles. The first-order valence-electron chi connectivity index (χ1n) is 13.4. The molecule has 0 bridgehead atoms. The molecule has 4 rings (SSSR count). The van der Waals surface area contributed by atoms with E-state index in [9.17, 15) is 14.7 Å². The van der Waals surface area contributed by atoms with Crippen LogP contribution in [0.25, 0.3) is 10.9 Å². The minimum absolute atomic E-state index is 0.0969. The lowest BCUT2D eigenvalue weighted by Gasteiger charge is -2.45. The van der Waals surface area contributed by atoms with Crippen LogP contribution in [0.1, 0.15) is 62.5 Å². The lowest BCUT2D eigenvalue weighted by Crippen LogP contribution is -2.57. The number of benzene rings is 1. The van der Waals surface area contributed by atoms with Gasteiger partial charge in [0, 0.05) is 54.9 Å². The van der Waals surface area contributed by atoms with Crippen LogP contribution in [0.4, 0.5) is 0 Å². The first-order valence-corrected chi connectivity index (χ1v) is 14.4. The van der Waals surface area contributed by atoms with E-state index in [2.05, 4.69) is 22.9 Å².